The molecule has 1 aliphatic heterocycles. The van der Waals surface area contributed by atoms with Crippen molar-refractivity contribution in [1.82, 2.24) is 19.5 Å². The zero-order valence-electron chi connectivity index (χ0n) is 19.5. The maximum Gasteiger partial charge on any atom is 0.337 e. The molecule has 1 aromatic carbocycles. The summed E-state index contributed by atoms with van der Waals surface area (Å²) in [5, 5.41) is 9.83. The third-order valence-corrected chi connectivity index (χ3v) is 6.44. The lowest BCUT2D eigenvalue weighted by atomic mass is 9.91. The number of nitrogens with zero attached hydrogens (tertiary/aromatic N) is 4. The van der Waals surface area contributed by atoms with Gasteiger partial charge < -0.3 is 14.4 Å². The van der Waals surface area contributed by atoms with Gasteiger partial charge in [-0.15, -0.1) is 0 Å². The summed E-state index contributed by atoms with van der Waals surface area (Å²) in [6.07, 6.45) is 2.55. The summed E-state index contributed by atoms with van der Waals surface area (Å²) < 4.78 is 35.9. The van der Waals surface area contributed by atoms with Crippen LogP contribution in [0.5, 0.6) is 0 Å². The molecule has 2 atom stereocenters. The normalized spacial score (nSPS) is 17.9. The maximum atomic E-state index is 14.8. The number of carboxylic acid groups (broad SMARTS) is 1. The molecule has 3 aromatic heterocycles. The van der Waals surface area contributed by atoms with Crippen LogP contribution in [0, 0.1) is 18.6 Å². The molecule has 5 rings (SSSR count). The van der Waals surface area contributed by atoms with E-state index in [4.69, 9.17) is 4.74 Å². The van der Waals surface area contributed by atoms with Crippen molar-refractivity contribution in [2.24, 2.45) is 7.05 Å². The molecule has 1 fully saturated rings. The Kier molecular flexibility index (Phi) is 6.05. The Balaban J connectivity index is 1.64. The van der Waals surface area contributed by atoms with Gasteiger partial charge in [0, 0.05) is 48.9 Å². The van der Waals surface area contributed by atoms with Crippen molar-refractivity contribution in [3.63, 3.8) is 0 Å². The summed E-state index contributed by atoms with van der Waals surface area (Å²) in [4.78, 5) is 37.2. The molecular weight excluding hydrogens is 470 g/mol. The first-order valence-corrected chi connectivity index (χ1v) is 11.4. The van der Waals surface area contributed by atoms with E-state index in [0.29, 0.717) is 25.3 Å². The second-order valence-electron chi connectivity index (χ2n) is 8.84. The standard InChI is InChI=1S/C26H22F2N4O4/c1-13-18(26(34)35)11-19-23(17-5-4-16(27)10-20(17)28)30-24(31-25(19)29-13)14-7-8-36-21(9-14)15-3-6-22(33)32(2)12-15/h3-6,10-12,14,21H,7-9H2,1-2H3,(H,34,35)/t14-,21+/m0/s1. The van der Waals surface area contributed by atoms with Gasteiger partial charge in [-0.2, -0.15) is 0 Å². The van der Waals surface area contributed by atoms with E-state index >= 15 is 0 Å². The van der Waals surface area contributed by atoms with E-state index in [2.05, 4.69) is 15.0 Å². The van der Waals surface area contributed by atoms with Gasteiger partial charge in [0.05, 0.1) is 23.1 Å². The minimum Gasteiger partial charge on any atom is -0.478 e. The van der Waals surface area contributed by atoms with E-state index in [0.717, 1.165) is 17.7 Å². The predicted octanol–water partition coefficient (Wildman–Crippen LogP) is 4.31. The number of aromatic nitrogens is 4. The van der Waals surface area contributed by atoms with Crippen LogP contribution in [-0.2, 0) is 11.8 Å². The zero-order chi connectivity index (χ0) is 25.6. The number of fused-ring (bicyclic) bond motifs is 1. The van der Waals surface area contributed by atoms with Crippen molar-refractivity contribution in [3.05, 3.63) is 87.2 Å². The highest BCUT2D eigenvalue weighted by Gasteiger charge is 2.29. The Morgan fingerprint density at radius 2 is 1.94 bits per heavy atom. The fourth-order valence-electron chi connectivity index (χ4n) is 4.52. The first-order chi connectivity index (χ1) is 17.2. The molecule has 10 heteroatoms. The molecule has 0 unspecified atom stereocenters. The number of halogens is 2. The van der Waals surface area contributed by atoms with Gasteiger partial charge in [-0.3, -0.25) is 4.79 Å². The molecule has 1 aliphatic rings. The van der Waals surface area contributed by atoms with Crippen LogP contribution in [0.4, 0.5) is 8.78 Å². The number of ether oxygens (including phenoxy) is 1. The number of aromatic carboxylic acids is 1. The topological polar surface area (TPSA) is 107 Å². The molecule has 0 saturated carbocycles. The lowest BCUT2D eigenvalue weighted by molar-refractivity contribution is 0.00364. The molecule has 1 N–H and O–H groups in total. The van der Waals surface area contributed by atoms with E-state index in [1.54, 1.807) is 26.2 Å². The van der Waals surface area contributed by atoms with Crippen molar-refractivity contribution in [2.45, 2.75) is 31.8 Å². The van der Waals surface area contributed by atoms with Crippen molar-refractivity contribution in [3.8, 4) is 11.3 Å². The van der Waals surface area contributed by atoms with Crippen molar-refractivity contribution in [1.29, 1.82) is 0 Å². The highest BCUT2D eigenvalue weighted by atomic mass is 19.1. The van der Waals surface area contributed by atoms with Gasteiger partial charge in [0.25, 0.3) is 0 Å². The Morgan fingerprint density at radius 3 is 2.67 bits per heavy atom. The van der Waals surface area contributed by atoms with Crippen LogP contribution in [-0.4, -0.2) is 37.2 Å². The quantitative estimate of drug-likeness (QED) is 0.452. The number of carboxylic acids is 1. The zero-order valence-corrected chi connectivity index (χ0v) is 19.5. The fourth-order valence-corrected chi connectivity index (χ4v) is 4.52. The molecule has 4 heterocycles. The van der Waals surface area contributed by atoms with Crippen LogP contribution >= 0.6 is 0 Å². The molecule has 0 bridgehead atoms. The minimum atomic E-state index is -1.18. The summed E-state index contributed by atoms with van der Waals surface area (Å²) in [7, 11) is 1.67. The third kappa shape index (κ3) is 4.35. The SMILES string of the molecule is Cc1nc2nc([C@H]3CCO[C@@H](c4ccc(=O)n(C)c4)C3)nc(-c3ccc(F)cc3F)c2cc1C(=O)O. The first kappa shape index (κ1) is 23.7. The van der Waals surface area contributed by atoms with Gasteiger partial charge in [-0.25, -0.2) is 28.5 Å². The lowest BCUT2D eigenvalue weighted by Gasteiger charge is -2.29. The molecule has 8 nitrogen and oxygen atoms in total. The Morgan fingerprint density at radius 1 is 1.14 bits per heavy atom. The maximum absolute atomic E-state index is 14.8. The third-order valence-electron chi connectivity index (χ3n) is 6.44. The lowest BCUT2D eigenvalue weighted by Crippen LogP contribution is -2.23. The number of aryl methyl sites for hydroxylation is 2. The number of hydrogen-bond acceptors (Lipinski definition) is 6. The number of carbonyl (C=O) groups is 1. The summed E-state index contributed by atoms with van der Waals surface area (Å²) in [5.74, 6) is -2.50. The van der Waals surface area contributed by atoms with E-state index in [9.17, 15) is 23.5 Å². The number of hydrogen-bond donors (Lipinski definition) is 1. The minimum absolute atomic E-state index is 0.0220. The van der Waals surface area contributed by atoms with Gasteiger partial charge >= 0.3 is 5.97 Å². The Bertz CT molecular complexity index is 1570. The van der Waals surface area contributed by atoms with Crippen LogP contribution in [0.3, 0.4) is 0 Å². The largest absolute Gasteiger partial charge is 0.478 e. The van der Waals surface area contributed by atoms with E-state index < -0.39 is 17.6 Å². The van der Waals surface area contributed by atoms with Crippen molar-refractivity contribution < 1.29 is 23.4 Å². The van der Waals surface area contributed by atoms with Crippen LogP contribution < -0.4 is 5.56 Å². The highest BCUT2D eigenvalue weighted by Crippen LogP contribution is 2.38. The van der Waals surface area contributed by atoms with Gasteiger partial charge in [0.1, 0.15) is 17.5 Å². The van der Waals surface area contributed by atoms with Crippen LogP contribution in [0.2, 0.25) is 0 Å². The van der Waals surface area contributed by atoms with E-state index in [1.165, 1.54) is 22.8 Å². The average Bonchev–Trinajstić information content (AvgIpc) is 2.84. The molecule has 0 radical (unpaired) electrons. The highest BCUT2D eigenvalue weighted by molar-refractivity contribution is 5.97. The van der Waals surface area contributed by atoms with Crippen molar-refractivity contribution in [2.75, 3.05) is 6.61 Å². The molecule has 4 aromatic rings. The van der Waals surface area contributed by atoms with E-state index in [-0.39, 0.29) is 51.1 Å². The smallest absolute Gasteiger partial charge is 0.337 e. The molecule has 36 heavy (non-hydrogen) atoms. The molecule has 1 saturated heterocycles. The molecule has 184 valence electrons. The summed E-state index contributed by atoms with van der Waals surface area (Å²) in [5.41, 5.74) is 1.32. The summed E-state index contributed by atoms with van der Waals surface area (Å²) in [6, 6.07) is 7.74. The van der Waals surface area contributed by atoms with Crippen LogP contribution in [0.15, 0.2) is 47.4 Å². The Hall–Kier alpha value is -4.05. The second-order valence-corrected chi connectivity index (χ2v) is 8.84. The summed E-state index contributed by atoms with van der Waals surface area (Å²) >= 11 is 0. The first-order valence-electron chi connectivity index (χ1n) is 11.4. The monoisotopic (exact) mass is 492 g/mol. The number of benzene rings is 1. The molecule has 0 amide bonds. The predicted molar refractivity (Wildman–Crippen MR) is 127 cm³/mol. The van der Waals surface area contributed by atoms with Gasteiger partial charge in [-0.05, 0) is 49.6 Å². The fraction of sp³-hybridized carbons (Fsp3) is 0.269. The van der Waals surface area contributed by atoms with Gasteiger partial charge in [0.15, 0.2) is 5.65 Å². The second kappa shape index (κ2) is 9.19. The van der Waals surface area contributed by atoms with Crippen LogP contribution in [0.25, 0.3) is 22.3 Å². The Labute approximate surface area is 204 Å². The molecule has 0 spiro atoms. The molecular formula is C26H22F2N4O4. The van der Waals surface area contributed by atoms with Gasteiger partial charge in [0.2, 0.25) is 5.56 Å². The van der Waals surface area contributed by atoms with Crippen LogP contribution in [0.1, 0.15) is 52.3 Å². The van der Waals surface area contributed by atoms with E-state index in [1.807, 2.05) is 0 Å². The number of pyridine rings is 2. The number of rotatable bonds is 4. The van der Waals surface area contributed by atoms with Crippen molar-refractivity contribution >= 4 is 17.0 Å². The molecule has 0 aliphatic carbocycles. The van der Waals surface area contributed by atoms with Gasteiger partial charge in [-0.1, -0.05) is 0 Å². The average molecular weight is 492 g/mol. The summed E-state index contributed by atoms with van der Waals surface area (Å²) in [6.45, 7) is 1.98.